The molecule has 11 nitrogen and oxygen atoms in total. The highest BCUT2D eigenvalue weighted by Gasteiger charge is 2.37. The largest absolute Gasteiger partial charge is 0.455 e. The van der Waals surface area contributed by atoms with Crippen LogP contribution in [0, 0.1) is 12.7 Å². The maximum absolute atomic E-state index is 14.2. The van der Waals surface area contributed by atoms with Gasteiger partial charge in [0.1, 0.15) is 18.1 Å². The fraction of sp³-hybridized carbons (Fsp3) is 0.261. The maximum atomic E-state index is 14.2. The van der Waals surface area contributed by atoms with Gasteiger partial charge in [-0.1, -0.05) is 11.6 Å². The number of hydrogen-bond donors (Lipinski definition) is 2. The van der Waals surface area contributed by atoms with Crippen molar-refractivity contribution >= 4 is 29.1 Å². The molecule has 0 unspecified atom stereocenters. The highest BCUT2D eigenvalue weighted by Crippen LogP contribution is 2.27. The van der Waals surface area contributed by atoms with E-state index in [0.29, 0.717) is 4.80 Å². The van der Waals surface area contributed by atoms with Gasteiger partial charge in [0, 0.05) is 12.2 Å². The molecular weight excluding hydrogens is 546 g/mol. The summed E-state index contributed by atoms with van der Waals surface area (Å²) in [6.45, 7) is 4.58. The minimum atomic E-state index is -4.79. The second-order valence-corrected chi connectivity index (χ2v) is 9.02. The molecule has 3 heterocycles. The van der Waals surface area contributed by atoms with E-state index < -0.39 is 29.6 Å². The lowest BCUT2D eigenvalue weighted by atomic mass is 10.1. The van der Waals surface area contributed by atoms with Crippen molar-refractivity contribution in [2.24, 2.45) is 0 Å². The van der Waals surface area contributed by atoms with Gasteiger partial charge in [-0.3, -0.25) is 9.59 Å². The molecule has 2 N–H and O–H groups in total. The first-order valence-electron chi connectivity index (χ1n) is 11.3. The molecule has 4 aromatic rings. The van der Waals surface area contributed by atoms with Gasteiger partial charge in [-0.05, 0) is 61.9 Å². The molecule has 0 aliphatic rings. The Bertz CT molecular complexity index is 1550. The van der Waals surface area contributed by atoms with Crippen LogP contribution in [-0.2, 0) is 12.7 Å². The van der Waals surface area contributed by atoms with Crippen molar-refractivity contribution in [1.82, 2.24) is 40.3 Å². The van der Waals surface area contributed by atoms with Crippen molar-refractivity contribution in [2.45, 2.75) is 39.5 Å². The van der Waals surface area contributed by atoms with Crippen molar-refractivity contribution in [3.05, 3.63) is 75.7 Å². The smallest absolute Gasteiger partial charge is 0.350 e. The summed E-state index contributed by atoms with van der Waals surface area (Å²) < 4.78 is 53.9. The number of anilines is 1. The number of amides is 2. The molecule has 0 fully saturated rings. The molecule has 39 heavy (non-hydrogen) atoms. The van der Waals surface area contributed by atoms with Gasteiger partial charge in [0.15, 0.2) is 5.82 Å². The molecule has 1 aromatic carbocycles. The Balaban J connectivity index is 1.74. The van der Waals surface area contributed by atoms with Crippen molar-refractivity contribution in [1.29, 1.82) is 0 Å². The number of carbonyl (C=O) groups excluding carboxylic acids is 2. The Hall–Kier alpha value is -4.40. The van der Waals surface area contributed by atoms with Gasteiger partial charge < -0.3 is 10.6 Å². The zero-order chi connectivity index (χ0) is 28.5. The number of benzene rings is 1. The van der Waals surface area contributed by atoms with E-state index in [0.717, 1.165) is 16.8 Å². The molecule has 2 amide bonds. The summed E-state index contributed by atoms with van der Waals surface area (Å²) in [6.07, 6.45) is -3.39. The lowest BCUT2D eigenvalue weighted by Gasteiger charge is -2.16. The van der Waals surface area contributed by atoms with Crippen LogP contribution in [0.25, 0.3) is 5.82 Å². The lowest BCUT2D eigenvalue weighted by molar-refractivity contribution is -0.145. The van der Waals surface area contributed by atoms with Crippen LogP contribution in [0.4, 0.5) is 23.2 Å². The predicted molar refractivity (Wildman–Crippen MR) is 130 cm³/mol. The second kappa shape index (κ2) is 10.8. The maximum Gasteiger partial charge on any atom is 0.455 e. The number of aryl methyl sites for hydroxylation is 1. The van der Waals surface area contributed by atoms with Crippen molar-refractivity contribution < 1.29 is 27.2 Å². The Labute approximate surface area is 223 Å². The van der Waals surface area contributed by atoms with Crippen molar-refractivity contribution in [2.75, 3.05) is 5.32 Å². The molecule has 0 spiro atoms. The van der Waals surface area contributed by atoms with Gasteiger partial charge in [-0.2, -0.15) is 23.1 Å². The van der Waals surface area contributed by atoms with Gasteiger partial charge in [0.05, 0.1) is 22.0 Å². The van der Waals surface area contributed by atoms with Crippen LogP contribution >= 0.6 is 11.6 Å². The minimum absolute atomic E-state index is 0.0479. The molecule has 16 heteroatoms. The summed E-state index contributed by atoms with van der Waals surface area (Å²) in [5.74, 6) is -3.46. The standard InChI is InChI=1S/C23H20ClF4N9O2/c1-11(2)30-20(38)15-8-13(25)7-12(3)18(15)31-21(39)17-9-14(10-36-34-22(32-35-36)23(26,27)28)33-37(17)19-16(24)5-4-6-29-19/h4-9,11H,10H2,1-3H3,(H,30,38)(H,31,39). The molecule has 0 aliphatic carbocycles. The number of carbonyl (C=O) groups is 2. The van der Waals surface area contributed by atoms with E-state index in [1.165, 1.54) is 25.3 Å². The average Bonchev–Trinajstić information content (AvgIpc) is 3.48. The van der Waals surface area contributed by atoms with Crippen LogP contribution in [0.1, 0.15) is 51.8 Å². The fourth-order valence-corrected chi connectivity index (χ4v) is 3.74. The number of halogens is 5. The fourth-order valence-electron chi connectivity index (χ4n) is 3.54. The number of rotatable bonds is 7. The third-order valence-corrected chi connectivity index (χ3v) is 5.44. The molecule has 0 aliphatic heterocycles. The zero-order valence-electron chi connectivity index (χ0n) is 20.6. The third-order valence-electron chi connectivity index (χ3n) is 5.15. The van der Waals surface area contributed by atoms with Crippen LogP contribution in [-0.4, -0.2) is 52.8 Å². The van der Waals surface area contributed by atoms with Gasteiger partial charge in [0.25, 0.3) is 17.6 Å². The Morgan fingerprint density at radius 1 is 1.13 bits per heavy atom. The molecule has 4 rings (SSSR count). The van der Waals surface area contributed by atoms with Crippen LogP contribution < -0.4 is 10.6 Å². The predicted octanol–water partition coefficient (Wildman–Crippen LogP) is 3.81. The molecule has 0 bridgehead atoms. The Morgan fingerprint density at radius 2 is 1.87 bits per heavy atom. The quantitative estimate of drug-likeness (QED) is 0.326. The number of aromatic nitrogens is 7. The van der Waals surface area contributed by atoms with E-state index in [4.69, 9.17) is 11.6 Å². The van der Waals surface area contributed by atoms with E-state index in [1.54, 1.807) is 19.9 Å². The Kier molecular flexibility index (Phi) is 7.63. The molecule has 0 radical (unpaired) electrons. The van der Waals surface area contributed by atoms with Crippen molar-refractivity contribution in [3.63, 3.8) is 0 Å². The first-order valence-corrected chi connectivity index (χ1v) is 11.7. The molecule has 0 saturated heterocycles. The number of nitrogens with zero attached hydrogens (tertiary/aromatic N) is 7. The van der Waals surface area contributed by atoms with Gasteiger partial charge in [-0.25, -0.2) is 14.1 Å². The summed E-state index contributed by atoms with van der Waals surface area (Å²) in [5.41, 5.74) is 0.144. The Morgan fingerprint density at radius 3 is 2.51 bits per heavy atom. The topological polar surface area (TPSA) is 133 Å². The number of hydrogen-bond acceptors (Lipinski definition) is 7. The summed E-state index contributed by atoms with van der Waals surface area (Å²) in [4.78, 5) is 31.0. The van der Waals surface area contributed by atoms with Crippen LogP contribution in [0.5, 0.6) is 0 Å². The minimum Gasteiger partial charge on any atom is -0.350 e. The summed E-state index contributed by atoms with van der Waals surface area (Å²) in [5, 5.41) is 19.3. The number of alkyl halides is 3. The van der Waals surface area contributed by atoms with Gasteiger partial charge in [-0.15, -0.1) is 10.2 Å². The molecular formula is C23H20ClF4N9O2. The molecule has 204 valence electrons. The van der Waals surface area contributed by atoms with Gasteiger partial charge >= 0.3 is 6.18 Å². The number of pyridine rings is 1. The SMILES string of the molecule is Cc1cc(F)cc(C(=O)NC(C)C)c1NC(=O)c1cc(Cn2nnc(C(F)(F)F)n2)nn1-c1ncccc1Cl. The summed E-state index contributed by atoms with van der Waals surface area (Å²) >= 11 is 6.26. The first-order chi connectivity index (χ1) is 18.3. The monoisotopic (exact) mass is 565 g/mol. The van der Waals surface area contributed by atoms with E-state index >= 15 is 0 Å². The summed E-state index contributed by atoms with van der Waals surface area (Å²) in [6, 6.07) is 6.20. The molecule has 0 saturated carbocycles. The summed E-state index contributed by atoms with van der Waals surface area (Å²) in [7, 11) is 0. The number of tetrazole rings is 1. The molecule has 3 aromatic heterocycles. The van der Waals surface area contributed by atoms with Crippen LogP contribution in [0.2, 0.25) is 5.02 Å². The highest BCUT2D eigenvalue weighted by atomic mass is 35.5. The van der Waals surface area contributed by atoms with E-state index in [9.17, 15) is 27.2 Å². The van der Waals surface area contributed by atoms with Crippen molar-refractivity contribution in [3.8, 4) is 5.82 Å². The van der Waals surface area contributed by atoms with Gasteiger partial charge in [0.2, 0.25) is 0 Å². The first kappa shape index (κ1) is 27.6. The van der Waals surface area contributed by atoms with Crippen LogP contribution in [0.3, 0.4) is 0 Å². The normalized spacial score (nSPS) is 11.6. The second-order valence-electron chi connectivity index (χ2n) is 8.61. The molecule has 0 atom stereocenters. The number of nitrogens with one attached hydrogen (secondary N) is 2. The van der Waals surface area contributed by atoms with E-state index in [1.807, 2.05) is 0 Å². The zero-order valence-corrected chi connectivity index (χ0v) is 21.3. The third kappa shape index (κ3) is 6.19. The average molecular weight is 566 g/mol. The highest BCUT2D eigenvalue weighted by molar-refractivity contribution is 6.32. The van der Waals surface area contributed by atoms with E-state index in [2.05, 4.69) is 36.1 Å². The lowest BCUT2D eigenvalue weighted by Crippen LogP contribution is -2.31. The van der Waals surface area contributed by atoms with E-state index in [-0.39, 0.29) is 51.6 Å². The van der Waals surface area contributed by atoms with Crippen LogP contribution in [0.15, 0.2) is 36.5 Å².